The molecule has 32 heavy (non-hydrogen) atoms. The molecule has 0 aliphatic rings. The maximum Gasteiger partial charge on any atom is 0.131 e. The Bertz CT molecular complexity index is 1030. The summed E-state index contributed by atoms with van der Waals surface area (Å²) < 4.78 is 20.5. The van der Waals surface area contributed by atoms with E-state index in [0.717, 1.165) is 61.0 Å². The molecule has 4 nitrogen and oxygen atoms in total. The summed E-state index contributed by atoms with van der Waals surface area (Å²) in [5.74, 6) is -0.225. The van der Waals surface area contributed by atoms with Gasteiger partial charge < -0.3 is 4.74 Å². The maximum atomic E-state index is 14.9. The van der Waals surface area contributed by atoms with Crippen LogP contribution in [0.15, 0.2) is 71.8 Å². The zero-order valence-corrected chi connectivity index (χ0v) is 18.6. The van der Waals surface area contributed by atoms with Crippen LogP contribution in [-0.4, -0.2) is 13.2 Å². The van der Waals surface area contributed by atoms with E-state index in [2.05, 4.69) is 29.1 Å². The molecule has 3 rings (SSSR count). The molecule has 0 saturated carbocycles. The lowest BCUT2D eigenvalue weighted by molar-refractivity contribution is 0.118. The summed E-state index contributed by atoms with van der Waals surface area (Å²) in [6, 6.07) is 21.5. The van der Waals surface area contributed by atoms with Crippen molar-refractivity contribution in [3.63, 3.8) is 0 Å². The molecule has 0 fully saturated rings. The van der Waals surface area contributed by atoms with Crippen molar-refractivity contribution in [2.24, 2.45) is 5.11 Å². The van der Waals surface area contributed by atoms with Gasteiger partial charge in [-0.25, -0.2) is 4.39 Å². The van der Waals surface area contributed by atoms with E-state index in [1.54, 1.807) is 6.07 Å². The van der Waals surface area contributed by atoms with Crippen molar-refractivity contribution < 1.29 is 9.13 Å². The van der Waals surface area contributed by atoms with Crippen LogP contribution in [0.25, 0.3) is 32.7 Å². The van der Waals surface area contributed by atoms with Crippen LogP contribution >= 0.6 is 0 Å². The van der Waals surface area contributed by atoms with Gasteiger partial charge in [-0.1, -0.05) is 79.1 Å². The van der Waals surface area contributed by atoms with Crippen LogP contribution in [0, 0.1) is 5.82 Å². The smallest absolute Gasteiger partial charge is 0.131 e. The Morgan fingerprint density at radius 1 is 0.844 bits per heavy atom. The summed E-state index contributed by atoms with van der Waals surface area (Å²) in [6.45, 7) is 4.04. The predicted molar refractivity (Wildman–Crippen MR) is 129 cm³/mol. The summed E-state index contributed by atoms with van der Waals surface area (Å²) in [5, 5.41) is 3.56. The molecule has 0 N–H and O–H groups in total. The van der Waals surface area contributed by atoms with Gasteiger partial charge in [0.15, 0.2) is 0 Å². The van der Waals surface area contributed by atoms with Crippen LogP contribution in [0.3, 0.4) is 0 Å². The number of benzene rings is 3. The van der Waals surface area contributed by atoms with Gasteiger partial charge in [0.2, 0.25) is 0 Å². The first-order valence-corrected chi connectivity index (χ1v) is 11.3. The lowest BCUT2D eigenvalue weighted by Crippen LogP contribution is -1.95. The van der Waals surface area contributed by atoms with Gasteiger partial charge in [-0.2, -0.15) is 0 Å². The van der Waals surface area contributed by atoms with E-state index in [1.807, 2.05) is 48.5 Å². The minimum absolute atomic E-state index is 0.225. The number of ether oxygens (including phenoxy) is 1. The van der Waals surface area contributed by atoms with Crippen LogP contribution in [0.1, 0.15) is 43.7 Å². The molecular weight excluding hydrogens is 401 g/mol. The van der Waals surface area contributed by atoms with Crippen LogP contribution in [0.5, 0.6) is 0 Å². The number of halogens is 1. The Labute approximate surface area is 189 Å². The van der Waals surface area contributed by atoms with E-state index in [1.165, 1.54) is 5.56 Å². The van der Waals surface area contributed by atoms with E-state index in [4.69, 9.17) is 10.3 Å². The number of nitrogens with zero attached hydrogens (tertiary/aromatic N) is 3. The van der Waals surface area contributed by atoms with Crippen molar-refractivity contribution in [3.8, 4) is 22.3 Å². The second-order valence-corrected chi connectivity index (χ2v) is 7.91. The summed E-state index contributed by atoms with van der Waals surface area (Å²) in [4.78, 5) is 2.77. The standard InChI is InChI=1S/C27H30FN3O/c1-2-3-18-32-20-22-9-13-24(14-10-22)26-16-15-25(19-27(26)28)23-11-7-21(8-12-23)6-4-5-17-30-31-29/h7-16,19H,2-6,17-18,20H2,1H3. The third kappa shape index (κ3) is 6.94. The largest absolute Gasteiger partial charge is 0.377 e. The number of hydrogen-bond acceptors (Lipinski definition) is 2. The van der Waals surface area contributed by atoms with Gasteiger partial charge in [0, 0.05) is 23.6 Å². The molecule has 0 aliphatic carbocycles. The first-order valence-electron chi connectivity index (χ1n) is 11.3. The molecule has 0 bridgehead atoms. The Balaban J connectivity index is 1.61. The molecule has 0 aromatic heterocycles. The first-order chi connectivity index (χ1) is 15.7. The molecule has 0 heterocycles. The van der Waals surface area contributed by atoms with Crippen molar-refractivity contribution in [1.82, 2.24) is 0 Å². The fourth-order valence-electron chi connectivity index (χ4n) is 3.57. The maximum absolute atomic E-state index is 14.9. The molecule has 0 unspecified atom stereocenters. The molecule has 0 radical (unpaired) electrons. The highest BCUT2D eigenvalue weighted by Crippen LogP contribution is 2.28. The third-order valence-electron chi connectivity index (χ3n) is 5.47. The molecule has 5 heteroatoms. The van der Waals surface area contributed by atoms with Crippen LogP contribution in [0.2, 0.25) is 0 Å². The van der Waals surface area contributed by atoms with Crippen LogP contribution < -0.4 is 0 Å². The van der Waals surface area contributed by atoms with Crippen molar-refractivity contribution in [3.05, 3.63) is 94.1 Å². The Kier molecular flexibility index (Phi) is 9.30. The van der Waals surface area contributed by atoms with Crippen molar-refractivity contribution in [2.75, 3.05) is 13.2 Å². The highest BCUT2D eigenvalue weighted by molar-refractivity contribution is 5.71. The number of rotatable bonds is 12. The van der Waals surface area contributed by atoms with Crippen LogP contribution in [0.4, 0.5) is 4.39 Å². The van der Waals surface area contributed by atoms with Gasteiger partial charge in [0.05, 0.1) is 6.61 Å². The summed E-state index contributed by atoms with van der Waals surface area (Å²) in [5.41, 5.74) is 13.9. The van der Waals surface area contributed by atoms with E-state index >= 15 is 0 Å². The monoisotopic (exact) mass is 431 g/mol. The molecule has 3 aromatic carbocycles. The fourth-order valence-corrected chi connectivity index (χ4v) is 3.57. The molecule has 0 aliphatic heterocycles. The van der Waals surface area contributed by atoms with Gasteiger partial charge in [0.25, 0.3) is 0 Å². The minimum Gasteiger partial charge on any atom is -0.377 e. The average molecular weight is 432 g/mol. The molecule has 0 saturated heterocycles. The van der Waals surface area contributed by atoms with Crippen molar-refractivity contribution in [2.45, 2.75) is 45.6 Å². The van der Waals surface area contributed by atoms with Crippen molar-refractivity contribution in [1.29, 1.82) is 0 Å². The molecule has 0 amide bonds. The highest BCUT2D eigenvalue weighted by atomic mass is 19.1. The minimum atomic E-state index is -0.225. The summed E-state index contributed by atoms with van der Waals surface area (Å²) in [7, 11) is 0. The lowest BCUT2D eigenvalue weighted by Gasteiger charge is -2.09. The SMILES string of the molecule is CCCCOCc1ccc(-c2ccc(-c3ccc(CCCCN=[N+]=[N-])cc3)cc2F)cc1. The normalized spacial score (nSPS) is 10.7. The zero-order chi connectivity index (χ0) is 22.6. The van der Waals surface area contributed by atoms with E-state index < -0.39 is 0 Å². The number of unbranched alkanes of at least 4 members (excludes halogenated alkanes) is 2. The molecular formula is C27H30FN3O. The number of hydrogen-bond donors (Lipinski definition) is 0. The number of azide groups is 1. The Morgan fingerprint density at radius 3 is 2.22 bits per heavy atom. The van der Waals surface area contributed by atoms with Gasteiger partial charge >= 0.3 is 0 Å². The second kappa shape index (κ2) is 12.7. The average Bonchev–Trinajstić information content (AvgIpc) is 2.83. The zero-order valence-electron chi connectivity index (χ0n) is 18.6. The molecule has 3 aromatic rings. The van der Waals surface area contributed by atoms with Gasteiger partial charge in [-0.05, 0) is 65.1 Å². The lowest BCUT2D eigenvalue weighted by atomic mass is 9.98. The quantitative estimate of drug-likeness (QED) is 0.124. The second-order valence-electron chi connectivity index (χ2n) is 7.91. The fraction of sp³-hybridized carbons (Fsp3) is 0.333. The first kappa shape index (κ1) is 23.5. The van der Waals surface area contributed by atoms with Gasteiger partial charge in [-0.15, -0.1) is 0 Å². The van der Waals surface area contributed by atoms with E-state index in [9.17, 15) is 4.39 Å². The molecule has 0 atom stereocenters. The molecule has 166 valence electrons. The summed E-state index contributed by atoms with van der Waals surface area (Å²) >= 11 is 0. The highest BCUT2D eigenvalue weighted by Gasteiger charge is 2.08. The van der Waals surface area contributed by atoms with Crippen LogP contribution in [-0.2, 0) is 17.8 Å². The summed E-state index contributed by atoms with van der Waals surface area (Å²) in [6.07, 6.45) is 4.99. The van der Waals surface area contributed by atoms with E-state index in [-0.39, 0.29) is 5.82 Å². The van der Waals surface area contributed by atoms with Gasteiger partial charge in [-0.3, -0.25) is 0 Å². The van der Waals surface area contributed by atoms with Gasteiger partial charge in [0.1, 0.15) is 5.82 Å². The number of aryl methyl sites for hydroxylation is 1. The predicted octanol–water partition coefficient (Wildman–Crippen LogP) is 8.11. The van der Waals surface area contributed by atoms with E-state index in [0.29, 0.717) is 18.7 Å². The van der Waals surface area contributed by atoms with Crippen molar-refractivity contribution >= 4 is 0 Å². The third-order valence-corrected chi connectivity index (χ3v) is 5.47. The Morgan fingerprint density at radius 2 is 1.53 bits per heavy atom. The topological polar surface area (TPSA) is 58.0 Å². The molecule has 0 spiro atoms. The Hall–Kier alpha value is -3.14.